The number of aromatic nitrogens is 1. The number of benzene rings is 1. The average Bonchev–Trinajstić information content (AvgIpc) is 2.87. The van der Waals surface area contributed by atoms with E-state index in [0.29, 0.717) is 0 Å². The van der Waals surface area contributed by atoms with E-state index in [1.54, 1.807) is 0 Å². The molecule has 0 amide bonds. The average molecular weight is 313 g/mol. The molecule has 0 saturated carbocycles. The molecule has 2 aromatic rings. The molecule has 76 valence electrons. The SMILES string of the molecule is O=C1OI(c2cc[nH]c2)c2ccccc21. The second kappa shape index (κ2) is 3.37. The predicted octanol–water partition coefficient (Wildman–Crippen LogP) is 2.65. The van der Waals surface area contributed by atoms with Crippen molar-refractivity contribution in [1.29, 1.82) is 0 Å². The molecule has 2 heterocycles. The van der Waals surface area contributed by atoms with E-state index in [1.807, 2.05) is 42.7 Å². The molecule has 0 spiro atoms. The number of nitrogens with one attached hydrogen (secondary N) is 1. The fourth-order valence-electron chi connectivity index (χ4n) is 1.50. The third-order valence-electron chi connectivity index (χ3n) is 2.18. The van der Waals surface area contributed by atoms with E-state index in [1.165, 1.54) is 0 Å². The van der Waals surface area contributed by atoms with Crippen LogP contribution in [-0.4, -0.2) is 11.0 Å². The van der Waals surface area contributed by atoms with Crippen LogP contribution in [0.5, 0.6) is 0 Å². The molecule has 0 atom stereocenters. The van der Waals surface area contributed by atoms with Crippen LogP contribution in [0.1, 0.15) is 10.4 Å². The predicted molar refractivity (Wildman–Crippen MR) is 64.1 cm³/mol. The first-order chi connectivity index (χ1) is 7.36. The number of rotatable bonds is 1. The topological polar surface area (TPSA) is 42.1 Å². The van der Waals surface area contributed by atoms with Crippen LogP contribution in [0.2, 0.25) is 0 Å². The van der Waals surface area contributed by atoms with Crippen molar-refractivity contribution in [1.82, 2.24) is 4.98 Å². The van der Waals surface area contributed by atoms with Crippen LogP contribution < -0.4 is 0 Å². The molecule has 0 unspecified atom stereocenters. The quantitative estimate of drug-likeness (QED) is 0.823. The number of aromatic amines is 1. The van der Waals surface area contributed by atoms with Gasteiger partial charge in [0, 0.05) is 0 Å². The second-order valence-electron chi connectivity index (χ2n) is 3.12. The molecular formula is C11H8INO2. The zero-order chi connectivity index (χ0) is 10.3. The Morgan fingerprint density at radius 2 is 2.07 bits per heavy atom. The van der Waals surface area contributed by atoms with Crippen LogP contribution in [0.3, 0.4) is 0 Å². The summed E-state index contributed by atoms with van der Waals surface area (Å²) in [5.74, 6) is -0.169. The Hall–Kier alpha value is -1.30. The summed E-state index contributed by atoms with van der Waals surface area (Å²) < 4.78 is 7.71. The van der Waals surface area contributed by atoms with Gasteiger partial charge in [-0.25, -0.2) is 0 Å². The van der Waals surface area contributed by atoms with Gasteiger partial charge in [0.2, 0.25) is 0 Å². The molecule has 1 aliphatic rings. The molecule has 0 radical (unpaired) electrons. The zero-order valence-electron chi connectivity index (χ0n) is 7.74. The number of H-pyrrole nitrogens is 1. The summed E-state index contributed by atoms with van der Waals surface area (Å²) >= 11 is -1.92. The van der Waals surface area contributed by atoms with E-state index in [0.717, 1.165) is 12.7 Å². The third kappa shape index (κ3) is 1.36. The summed E-state index contributed by atoms with van der Waals surface area (Å²) in [4.78, 5) is 14.6. The van der Waals surface area contributed by atoms with Gasteiger partial charge in [-0.2, -0.15) is 0 Å². The molecule has 0 bridgehead atoms. The number of halogens is 1. The van der Waals surface area contributed by atoms with Gasteiger partial charge in [0.1, 0.15) is 0 Å². The first kappa shape index (κ1) is 8.96. The summed E-state index contributed by atoms with van der Waals surface area (Å²) in [7, 11) is 0. The van der Waals surface area contributed by atoms with Gasteiger partial charge in [-0.15, -0.1) is 0 Å². The molecule has 1 aromatic carbocycles. The Morgan fingerprint density at radius 1 is 1.20 bits per heavy atom. The molecule has 1 aliphatic heterocycles. The van der Waals surface area contributed by atoms with Crippen molar-refractivity contribution in [3.8, 4) is 0 Å². The van der Waals surface area contributed by atoms with E-state index in [4.69, 9.17) is 3.07 Å². The summed E-state index contributed by atoms with van der Waals surface area (Å²) in [6.07, 6.45) is 3.78. The Morgan fingerprint density at radius 3 is 2.87 bits per heavy atom. The van der Waals surface area contributed by atoms with Crippen molar-refractivity contribution in [3.63, 3.8) is 0 Å². The van der Waals surface area contributed by atoms with Crippen LogP contribution in [0.25, 0.3) is 0 Å². The van der Waals surface area contributed by atoms with Crippen molar-refractivity contribution in [2.45, 2.75) is 0 Å². The number of carbonyl (C=O) groups is 1. The first-order valence-corrected chi connectivity index (χ1v) is 7.54. The Labute approximate surface area is 94.4 Å². The normalized spacial score (nSPS) is 16.3. The first-order valence-electron chi connectivity index (χ1n) is 4.51. The van der Waals surface area contributed by atoms with Gasteiger partial charge in [-0.3, -0.25) is 0 Å². The summed E-state index contributed by atoms with van der Waals surface area (Å²) in [6, 6.07) is 9.65. The van der Waals surface area contributed by atoms with E-state index in [2.05, 4.69) is 4.98 Å². The van der Waals surface area contributed by atoms with Crippen molar-refractivity contribution in [2.75, 3.05) is 0 Å². The minimum atomic E-state index is -1.92. The molecule has 15 heavy (non-hydrogen) atoms. The number of hydrogen-bond acceptors (Lipinski definition) is 2. The Bertz CT molecular complexity index is 507. The van der Waals surface area contributed by atoms with Crippen LogP contribution in [0.4, 0.5) is 0 Å². The Kier molecular flexibility index (Phi) is 2.02. The monoisotopic (exact) mass is 313 g/mol. The molecule has 1 N–H and O–H groups in total. The summed E-state index contributed by atoms with van der Waals surface area (Å²) in [6.45, 7) is 0. The number of carbonyl (C=O) groups excluding carboxylic acids is 1. The molecule has 3 rings (SSSR count). The summed E-state index contributed by atoms with van der Waals surface area (Å²) in [5.41, 5.74) is 0.740. The van der Waals surface area contributed by atoms with Gasteiger partial charge in [0.05, 0.1) is 0 Å². The van der Waals surface area contributed by atoms with Gasteiger partial charge in [0.15, 0.2) is 0 Å². The third-order valence-corrected chi connectivity index (χ3v) is 6.82. The van der Waals surface area contributed by atoms with E-state index in [-0.39, 0.29) is 5.97 Å². The maximum atomic E-state index is 11.6. The van der Waals surface area contributed by atoms with E-state index < -0.39 is 20.2 Å². The zero-order valence-corrected chi connectivity index (χ0v) is 9.89. The van der Waals surface area contributed by atoms with Crippen LogP contribution in [-0.2, 0) is 3.07 Å². The van der Waals surface area contributed by atoms with E-state index in [9.17, 15) is 4.79 Å². The second-order valence-corrected chi connectivity index (χ2v) is 7.39. The molecule has 0 saturated heterocycles. The molecule has 4 heteroatoms. The minimum absolute atomic E-state index is 0.169. The van der Waals surface area contributed by atoms with Gasteiger partial charge in [-0.05, 0) is 0 Å². The van der Waals surface area contributed by atoms with Crippen LogP contribution in [0.15, 0.2) is 42.7 Å². The van der Waals surface area contributed by atoms with Gasteiger partial charge in [-0.1, -0.05) is 0 Å². The number of hydrogen-bond donors (Lipinski definition) is 1. The van der Waals surface area contributed by atoms with Crippen LogP contribution >= 0.6 is 20.2 Å². The van der Waals surface area contributed by atoms with Crippen molar-refractivity contribution in [3.05, 3.63) is 55.4 Å². The van der Waals surface area contributed by atoms with Gasteiger partial charge >= 0.3 is 94.5 Å². The molecule has 1 aromatic heterocycles. The molecule has 0 fully saturated rings. The summed E-state index contributed by atoms with van der Waals surface area (Å²) in [5, 5.41) is 0. The van der Waals surface area contributed by atoms with Crippen molar-refractivity contribution in [2.24, 2.45) is 0 Å². The standard InChI is InChI=1S/C11H8INO2/c14-11-9-3-1-2-4-10(9)12(15-11)8-5-6-13-7-8/h1-7,13H. The van der Waals surface area contributed by atoms with E-state index >= 15 is 0 Å². The van der Waals surface area contributed by atoms with Crippen molar-refractivity contribution < 1.29 is 7.86 Å². The van der Waals surface area contributed by atoms with Gasteiger partial charge < -0.3 is 0 Å². The maximum absolute atomic E-state index is 11.6. The van der Waals surface area contributed by atoms with Gasteiger partial charge in [0.25, 0.3) is 0 Å². The molecule has 0 aliphatic carbocycles. The molecular weight excluding hydrogens is 305 g/mol. The number of fused-ring (bicyclic) bond motifs is 1. The fraction of sp³-hybridized carbons (Fsp3) is 0. The van der Waals surface area contributed by atoms with Crippen LogP contribution in [0, 0.1) is 7.14 Å². The molecule has 3 nitrogen and oxygen atoms in total. The van der Waals surface area contributed by atoms with Crippen molar-refractivity contribution >= 4 is 26.2 Å². The Balaban J connectivity index is 2.13. The fourth-order valence-corrected chi connectivity index (χ4v) is 5.73.